The van der Waals surface area contributed by atoms with Gasteiger partial charge in [-0.2, -0.15) is 5.26 Å². The number of hydrogen-bond acceptors (Lipinski definition) is 6. The number of anilines is 1. The standard InChI is InChI=1S/C21H21N5OS/c1-16-24-20(15-28-16)17-6-4-8-18(12-17)25-21(27)14-26(11-5-9-22)13-19-7-2-3-10-23-19/h2-4,6-8,10,12,15H,5,11,13-14H2,1H3,(H,25,27). The molecule has 0 fully saturated rings. The Kier molecular flexibility index (Phi) is 6.84. The monoisotopic (exact) mass is 391 g/mol. The van der Waals surface area contributed by atoms with Crippen molar-refractivity contribution in [2.24, 2.45) is 0 Å². The van der Waals surface area contributed by atoms with Crippen molar-refractivity contribution in [3.05, 3.63) is 64.7 Å². The summed E-state index contributed by atoms with van der Waals surface area (Å²) in [4.78, 5) is 23.3. The van der Waals surface area contributed by atoms with Gasteiger partial charge in [0.15, 0.2) is 0 Å². The van der Waals surface area contributed by atoms with E-state index in [-0.39, 0.29) is 12.5 Å². The van der Waals surface area contributed by atoms with Crippen LogP contribution in [0, 0.1) is 18.3 Å². The smallest absolute Gasteiger partial charge is 0.238 e. The fraction of sp³-hybridized carbons (Fsp3) is 0.238. The predicted octanol–water partition coefficient (Wildman–Crippen LogP) is 3.87. The van der Waals surface area contributed by atoms with Crippen LogP contribution in [0.5, 0.6) is 0 Å². The molecule has 3 aromatic rings. The molecule has 0 radical (unpaired) electrons. The van der Waals surface area contributed by atoms with Crippen LogP contribution < -0.4 is 5.32 Å². The van der Waals surface area contributed by atoms with Gasteiger partial charge in [-0.3, -0.25) is 14.7 Å². The van der Waals surface area contributed by atoms with E-state index in [4.69, 9.17) is 5.26 Å². The molecule has 0 spiro atoms. The van der Waals surface area contributed by atoms with Gasteiger partial charge in [0.05, 0.1) is 29.0 Å². The molecule has 142 valence electrons. The molecule has 0 bridgehead atoms. The van der Waals surface area contributed by atoms with Gasteiger partial charge in [0.25, 0.3) is 0 Å². The van der Waals surface area contributed by atoms with E-state index in [0.717, 1.165) is 27.6 Å². The van der Waals surface area contributed by atoms with Crippen LogP contribution in [0.3, 0.4) is 0 Å². The topological polar surface area (TPSA) is 81.9 Å². The number of nitriles is 1. The quantitative estimate of drug-likeness (QED) is 0.630. The van der Waals surface area contributed by atoms with Gasteiger partial charge in [0.1, 0.15) is 0 Å². The second kappa shape index (κ2) is 9.74. The Morgan fingerprint density at radius 3 is 2.89 bits per heavy atom. The summed E-state index contributed by atoms with van der Waals surface area (Å²) in [5.74, 6) is -0.125. The molecule has 2 heterocycles. The van der Waals surface area contributed by atoms with E-state index in [2.05, 4.69) is 21.4 Å². The summed E-state index contributed by atoms with van der Waals surface area (Å²) in [6, 6.07) is 15.5. The number of thiazole rings is 1. The normalized spacial score (nSPS) is 10.6. The van der Waals surface area contributed by atoms with E-state index in [1.165, 1.54) is 0 Å². The zero-order chi connectivity index (χ0) is 19.8. The minimum Gasteiger partial charge on any atom is -0.325 e. The van der Waals surface area contributed by atoms with Gasteiger partial charge in [-0.15, -0.1) is 11.3 Å². The lowest BCUT2D eigenvalue weighted by Crippen LogP contribution is -2.33. The highest BCUT2D eigenvalue weighted by Gasteiger charge is 2.13. The number of rotatable bonds is 8. The molecule has 1 N–H and O–H groups in total. The molecule has 1 amide bonds. The molecule has 28 heavy (non-hydrogen) atoms. The van der Waals surface area contributed by atoms with Gasteiger partial charge in [0.2, 0.25) is 5.91 Å². The molecule has 0 saturated carbocycles. The maximum Gasteiger partial charge on any atom is 0.238 e. The first-order valence-corrected chi connectivity index (χ1v) is 9.83. The summed E-state index contributed by atoms with van der Waals surface area (Å²) in [7, 11) is 0. The summed E-state index contributed by atoms with van der Waals surface area (Å²) in [6.45, 7) is 3.20. The number of nitrogens with zero attached hydrogens (tertiary/aromatic N) is 4. The third kappa shape index (κ3) is 5.71. The van der Waals surface area contributed by atoms with Gasteiger partial charge in [-0.05, 0) is 31.2 Å². The van der Waals surface area contributed by atoms with Gasteiger partial charge in [-0.1, -0.05) is 18.2 Å². The highest BCUT2D eigenvalue weighted by atomic mass is 32.1. The number of amides is 1. The van der Waals surface area contributed by atoms with Gasteiger partial charge in [-0.25, -0.2) is 4.98 Å². The van der Waals surface area contributed by atoms with E-state index in [9.17, 15) is 4.79 Å². The lowest BCUT2D eigenvalue weighted by atomic mass is 10.1. The average Bonchev–Trinajstić information content (AvgIpc) is 3.13. The van der Waals surface area contributed by atoms with E-state index in [0.29, 0.717) is 19.5 Å². The summed E-state index contributed by atoms with van der Waals surface area (Å²) in [6.07, 6.45) is 2.09. The van der Waals surface area contributed by atoms with Crippen molar-refractivity contribution < 1.29 is 4.79 Å². The van der Waals surface area contributed by atoms with Gasteiger partial charge >= 0.3 is 0 Å². The minimum absolute atomic E-state index is 0.125. The highest BCUT2D eigenvalue weighted by Crippen LogP contribution is 2.24. The Morgan fingerprint density at radius 1 is 1.29 bits per heavy atom. The molecule has 1 aromatic carbocycles. The average molecular weight is 391 g/mol. The van der Waals surface area contributed by atoms with Crippen LogP contribution in [0.4, 0.5) is 5.69 Å². The number of aromatic nitrogens is 2. The first-order valence-electron chi connectivity index (χ1n) is 8.95. The number of benzene rings is 1. The summed E-state index contributed by atoms with van der Waals surface area (Å²) in [5, 5.41) is 14.8. The molecular weight excluding hydrogens is 370 g/mol. The van der Waals surface area contributed by atoms with Crippen molar-refractivity contribution in [2.45, 2.75) is 19.9 Å². The van der Waals surface area contributed by atoms with Crippen molar-refractivity contribution in [3.63, 3.8) is 0 Å². The first-order chi connectivity index (χ1) is 13.6. The van der Waals surface area contributed by atoms with E-state index in [1.807, 2.05) is 59.7 Å². The lowest BCUT2D eigenvalue weighted by molar-refractivity contribution is -0.117. The Labute approximate surface area is 168 Å². The van der Waals surface area contributed by atoms with Crippen molar-refractivity contribution in [1.82, 2.24) is 14.9 Å². The van der Waals surface area contributed by atoms with Crippen LogP contribution in [0.1, 0.15) is 17.1 Å². The Balaban J connectivity index is 1.64. The maximum absolute atomic E-state index is 12.6. The SMILES string of the molecule is Cc1nc(-c2cccc(NC(=O)CN(CCC#N)Cc3ccccn3)c2)cs1. The lowest BCUT2D eigenvalue weighted by Gasteiger charge is -2.20. The molecule has 0 saturated heterocycles. The summed E-state index contributed by atoms with van der Waals surface area (Å²) in [5.41, 5.74) is 3.47. The number of nitrogens with one attached hydrogen (secondary N) is 1. The molecule has 0 atom stereocenters. The molecule has 2 aromatic heterocycles. The van der Waals surface area contributed by atoms with Crippen molar-refractivity contribution in [2.75, 3.05) is 18.4 Å². The van der Waals surface area contributed by atoms with Crippen LogP contribution in [0.15, 0.2) is 54.0 Å². The number of carbonyl (C=O) groups is 1. The molecule has 3 rings (SSSR count). The highest BCUT2D eigenvalue weighted by molar-refractivity contribution is 7.09. The second-order valence-corrected chi connectivity index (χ2v) is 7.38. The largest absolute Gasteiger partial charge is 0.325 e. The first kappa shape index (κ1) is 19.7. The van der Waals surface area contributed by atoms with E-state index >= 15 is 0 Å². The second-order valence-electron chi connectivity index (χ2n) is 6.32. The summed E-state index contributed by atoms with van der Waals surface area (Å²) < 4.78 is 0. The zero-order valence-corrected chi connectivity index (χ0v) is 16.4. The number of carbonyl (C=O) groups excluding carboxylic acids is 1. The zero-order valence-electron chi connectivity index (χ0n) is 15.6. The van der Waals surface area contributed by atoms with E-state index in [1.54, 1.807) is 17.5 Å². The third-order valence-electron chi connectivity index (χ3n) is 4.08. The predicted molar refractivity (Wildman–Crippen MR) is 111 cm³/mol. The maximum atomic E-state index is 12.6. The Bertz CT molecular complexity index is 964. The molecule has 0 aliphatic carbocycles. The molecular formula is C21H21N5OS. The molecule has 0 aliphatic heterocycles. The van der Waals surface area contributed by atoms with Gasteiger partial charge in [0, 0.05) is 42.3 Å². The number of aryl methyl sites for hydroxylation is 1. The van der Waals surface area contributed by atoms with Gasteiger partial charge < -0.3 is 5.32 Å². The number of hydrogen-bond donors (Lipinski definition) is 1. The minimum atomic E-state index is -0.125. The van der Waals surface area contributed by atoms with Crippen molar-refractivity contribution in [1.29, 1.82) is 5.26 Å². The van der Waals surface area contributed by atoms with Crippen LogP contribution in [-0.4, -0.2) is 33.9 Å². The molecule has 7 heteroatoms. The summed E-state index contributed by atoms with van der Waals surface area (Å²) >= 11 is 1.60. The van der Waals surface area contributed by atoms with Crippen LogP contribution in [0.25, 0.3) is 11.3 Å². The fourth-order valence-corrected chi connectivity index (χ4v) is 3.42. The Morgan fingerprint density at radius 2 is 2.18 bits per heavy atom. The molecule has 6 nitrogen and oxygen atoms in total. The van der Waals surface area contributed by atoms with Crippen LogP contribution >= 0.6 is 11.3 Å². The fourth-order valence-electron chi connectivity index (χ4n) is 2.80. The van der Waals surface area contributed by atoms with Crippen molar-refractivity contribution in [3.8, 4) is 17.3 Å². The van der Waals surface area contributed by atoms with Crippen LogP contribution in [0.2, 0.25) is 0 Å². The molecule has 0 aliphatic rings. The van der Waals surface area contributed by atoms with E-state index < -0.39 is 0 Å². The molecule has 0 unspecified atom stereocenters. The number of pyridine rings is 1. The van der Waals surface area contributed by atoms with Crippen molar-refractivity contribution >= 4 is 22.9 Å². The Hall–Kier alpha value is -3.08. The third-order valence-corrected chi connectivity index (χ3v) is 4.85. The van der Waals surface area contributed by atoms with Crippen LogP contribution in [-0.2, 0) is 11.3 Å².